The van der Waals surface area contributed by atoms with Gasteiger partial charge in [0.1, 0.15) is 10.3 Å². The fraction of sp³-hybridized carbons (Fsp3) is 0. The van der Waals surface area contributed by atoms with Gasteiger partial charge in [0.15, 0.2) is 0 Å². The topological polar surface area (TPSA) is 24.7 Å². The van der Waals surface area contributed by atoms with Crippen LogP contribution in [-0.4, -0.2) is 10.3 Å². The maximum absolute atomic E-state index is 6.26. The molecule has 0 atom stereocenters. The van der Waals surface area contributed by atoms with Gasteiger partial charge in [0, 0.05) is 11.1 Å². The molecule has 3 rings (SSSR count). The van der Waals surface area contributed by atoms with Gasteiger partial charge in [-0.2, -0.15) is 0 Å². The molecule has 2 aromatic carbocycles. The van der Waals surface area contributed by atoms with Crippen molar-refractivity contribution in [3.8, 4) is 0 Å². The highest BCUT2D eigenvalue weighted by Crippen LogP contribution is 2.38. The zero-order chi connectivity index (χ0) is 14.3. The van der Waals surface area contributed by atoms with Crippen molar-refractivity contribution in [2.45, 2.75) is 0 Å². The highest BCUT2D eigenvalue weighted by molar-refractivity contribution is 6.72. The average Bonchev–Trinajstić information content (AvgIpc) is 2.41. The summed E-state index contributed by atoms with van der Waals surface area (Å²) in [7, 11) is 0. The third kappa shape index (κ3) is 2.33. The van der Waals surface area contributed by atoms with Crippen LogP contribution in [0.15, 0.2) is 46.4 Å². The molecule has 1 heterocycles. The second-order valence-electron chi connectivity index (χ2n) is 4.08. The van der Waals surface area contributed by atoms with E-state index in [0.717, 1.165) is 0 Å². The number of fused-ring (bicyclic) bond motifs is 2. The van der Waals surface area contributed by atoms with Crippen LogP contribution in [0.2, 0.25) is 10.0 Å². The number of hydrogen-bond acceptors (Lipinski definition) is 2. The number of nitrogens with zero attached hydrogens (tertiary/aromatic N) is 2. The average molecular weight is 344 g/mol. The normalized spacial score (nSPS) is 13.6. The molecule has 0 N–H and O–H groups in total. The van der Waals surface area contributed by atoms with Crippen LogP contribution < -0.4 is 0 Å². The monoisotopic (exact) mass is 342 g/mol. The van der Waals surface area contributed by atoms with Crippen molar-refractivity contribution in [2.24, 2.45) is 9.98 Å². The van der Waals surface area contributed by atoms with Gasteiger partial charge in [-0.25, -0.2) is 9.98 Å². The molecule has 0 spiro atoms. The maximum atomic E-state index is 6.26. The van der Waals surface area contributed by atoms with Crippen molar-refractivity contribution in [3.63, 3.8) is 0 Å². The van der Waals surface area contributed by atoms with Gasteiger partial charge in [0.2, 0.25) is 0 Å². The first-order chi connectivity index (χ1) is 9.58. The van der Waals surface area contributed by atoms with Crippen molar-refractivity contribution < 1.29 is 0 Å². The maximum Gasteiger partial charge on any atom is 0.139 e. The standard InChI is InChI=1S/C14H6Cl4N2/c15-9-5-1-3-7-11(9)19-14(18)8-4-2-6-10(16)12(8)20-13(7)17/h1-6H. The van der Waals surface area contributed by atoms with E-state index in [4.69, 9.17) is 46.4 Å². The summed E-state index contributed by atoms with van der Waals surface area (Å²) >= 11 is 24.8. The number of hydrogen-bond donors (Lipinski definition) is 0. The Hall–Kier alpha value is -1.06. The molecular weight excluding hydrogens is 338 g/mol. The Morgan fingerprint density at radius 1 is 0.600 bits per heavy atom. The van der Waals surface area contributed by atoms with Crippen molar-refractivity contribution in [3.05, 3.63) is 57.6 Å². The summed E-state index contributed by atoms with van der Waals surface area (Å²) in [4.78, 5) is 8.72. The van der Waals surface area contributed by atoms with Crippen LogP contribution in [0.5, 0.6) is 0 Å². The molecule has 1 aliphatic heterocycles. The molecule has 0 amide bonds. The van der Waals surface area contributed by atoms with Crippen molar-refractivity contribution in [1.29, 1.82) is 0 Å². The van der Waals surface area contributed by atoms with Gasteiger partial charge >= 0.3 is 0 Å². The first-order valence-electron chi connectivity index (χ1n) is 5.64. The molecule has 2 nitrogen and oxygen atoms in total. The van der Waals surface area contributed by atoms with E-state index in [-0.39, 0.29) is 10.3 Å². The summed E-state index contributed by atoms with van der Waals surface area (Å²) < 4.78 is 0. The molecule has 0 saturated heterocycles. The number of halogens is 4. The first kappa shape index (κ1) is 13.9. The molecule has 2 aromatic rings. The Kier molecular flexibility index (Phi) is 3.74. The zero-order valence-corrected chi connectivity index (χ0v) is 12.9. The van der Waals surface area contributed by atoms with Crippen LogP contribution in [0, 0.1) is 0 Å². The van der Waals surface area contributed by atoms with Crippen LogP contribution in [-0.2, 0) is 0 Å². The van der Waals surface area contributed by atoms with E-state index in [1.807, 2.05) is 0 Å². The third-order valence-corrected chi connectivity index (χ3v) is 4.02. The highest BCUT2D eigenvalue weighted by Gasteiger charge is 2.18. The van der Waals surface area contributed by atoms with E-state index in [1.165, 1.54) is 0 Å². The Labute approximate surface area is 135 Å². The second kappa shape index (κ2) is 5.38. The Balaban J connectivity index is 2.37. The highest BCUT2D eigenvalue weighted by atomic mass is 35.5. The number of rotatable bonds is 0. The van der Waals surface area contributed by atoms with Crippen molar-refractivity contribution in [1.82, 2.24) is 0 Å². The van der Waals surface area contributed by atoms with Gasteiger partial charge in [-0.15, -0.1) is 0 Å². The minimum absolute atomic E-state index is 0.268. The molecule has 0 saturated carbocycles. The fourth-order valence-corrected chi connectivity index (χ4v) is 2.82. The predicted octanol–water partition coefficient (Wildman–Crippen LogP) is 5.94. The molecule has 0 fully saturated rings. The van der Waals surface area contributed by atoms with Crippen LogP contribution in [0.4, 0.5) is 11.4 Å². The van der Waals surface area contributed by atoms with Gasteiger partial charge in [0.25, 0.3) is 0 Å². The smallest absolute Gasteiger partial charge is 0.139 e. The summed E-state index contributed by atoms with van der Waals surface area (Å²) in [6.07, 6.45) is 0. The fourth-order valence-electron chi connectivity index (χ4n) is 1.91. The lowest BCUT2D eigenvalue weighted by Gasteiger charge is -2.13. The minimum Gasteiger partial charge on any atom is -0.234 e. The lowest BCUT2D eigenvalue weighted by molar-refractivity contribution is 1.44. The first-order valence-corrected chi connectivity index (χ1v) is 7.15. The summed E-state index contributed by atoms with van der Waals surface area (Å²) in [5.74, 6) is 0. The minimum atomic E-state index is 0.268. The SMILES string of the molecule is ClC1=Nc2c(Cl)cccc2C(Cl)=Nc2c(Cl)cccc21. The molecular formula is C14H6Cl4N2. The number of benzene rings is 2. The molecule has 20 heavy (non-hydrogen) atoms. The number of aliphatic imine (C=N–C) groups is 2. The number of para-hydroxylation sites is 2. The summed E-state index contributed by atoms with van der Waals surface area (Å²) in [5.41, 5.74) is 2.22. The summed E-state index contributed by atoms with van der Waals surface area (Å²) in [6, 6.07) is 10.6. The van der Waals surface area contributed by atoms with Crippen molar-refractivity contribution >= 4 is 68.1 Å². The second-order valence-corrected chi connectivity index (χ2v) is 5.61. The quantitative estimate of drug-likeness (QED) is 0.565. The molecule has 100 valence electrons. The lowest BCUT2D eigenvalue weighted by Crippen LogP contribution is -2.00. The van der Waals surface area contributed by atoms with Crippen LogP contribution in [0.25, 0.3) is 0 Å². The summed E-state index contributed by atoms with van der Waals surface area (Å²) in [5, 5.41) is 1.45. The predicted molar refractivity (Wildman–Crippen MR) is 87.0 cm³/mol. The molecule has 0 bridgehead atoms. The Morgan fingerprint density at radius 2 is 1.00 bits per heavy atom. The molecule has 0 radical (unpaired) electrons. The lowest BCUT2D eigenvalue weighted by atomic mass is 10.1. The van der Waals surface area contributed by atoms with Gasteiger partial charge < -0.3 is 0 Å². The molecule has 0 aromatic heterocycles. The van der Waals surface area contributed by atoms with E-state index < -0.39 is 0 Å². The zero-order valence-electron chi connectivity index (χ0n) is 9.87. The van der Waals surface area contributed by atoms with E-state index >= 15 is 0 Å². The van der Waals surface area contributed by atoms with Crippen LogP contribution >= 0.6 is 46.4 Å². The Bertz CT molecular complexity index is 700. The van der Waals surface area contributed by atoms with Crippen LogP contribution in [0.1, 0.15) is 11.1 Å². The summed E-state index contributed by atoms with van der Waals surface area (Å²) in [6.45, 7) is 0. The van der Waals surface area contributed by atoms with E-state index in [0.29, 0.717) is 32.5 Å². The molecule has 0 unspecified atom stereocenters. The Morgan fingerprint density at radius 3 is 1.40 bits per heavy atom. The van der Waals surface area contributed by atoms with E-state index in [2.05, 4.69) is 9.98 Å². The van der Waals surface area contributed by atoms with Gasteiger partial charge in [-0.05, 0) is 24.3 Å². The van der Waals surface area contributed by atoms with E-state index in [1.54, 1.807) is 36.4 Å². The van der Waals surface area contributed by atoms with Crippen LogP contribution in [0.3, 0.4) is 0 Å². The van der Waals surface area contributed by atoms with Gasteiger partial charge in [0.05, 0.1) is 21.4 Å². The van der Waals surface area contributed by atoms with Gasteiger partial charge in [-0.3, -0.25) is 0 Å². The molecule has 1 aliphatic rings. The largest absolute Gasteiger partial charge is 0.234 e. The molecule has 6 heteroatoms. The van der Waals surface area contributed by atoms with E-state index in [9.17, 15) is 0 Å². The molecule has 0 aliphatic carbocycles. The van der Waals surface area contributed by atoms with Crippen molar-refractivity contribution in [2.75, 3.05) is 0 Å². The third-order valence-electron chi connectivity index (χ3n) is 2.84. The van der Waals surface area contributed by atoms with Gasteiger partial charge in [-0.1, -0.05) is 58.5 Å².